The zero-order valence-corrected chi connectivity index (χ0v) is 18.0. The number of nitrogens with zero attached hydrogens (tertiary/aromatic N) is 2. The standard InChI is InChI=1S/C23H21FN2O3.C2H6/c1-16-12-19(24)9-10-20(16)21-14-26(23(27)29-21)13-17-5-7-18(8-6-17)15-28-22-4-2-3-11-25-22;1-2/h2-12,21H,13-15H2,1H3;1-2H3. The fourth-order valence-corrected chi connectivity index (χ4v) is 3.35. The minimum atomic E-state index is -0.380. The van der Waals surface area contributed by atoms with Gasteiger partial charge in [-0.15, -0.1) is 0 Å². The van der Waals surface area contributed by atoms with Crippen molar-refractivity contribution in [3.05, 3.63) is 94.9 Å². The van der Waals surface area contributed by atoms with E-state index in [2.05, 4.69) is 4.98 Å². The molecule has 1 amide bonds. The second-order valence-electron chi connectivity index (χ2n) is 7.03. The molecule has 0 aliphatic carbocycles. The Morgan fingerprint density at radius 2 is 1.84 bits per heavy atom. The monoisotopic (exact) mass is 422 g/mol. The molecule has 0 bridgehead atoms. The van der Waals surface area contributed by atoms with Crippen LogP contribution in [0.1, 0.15) is 42.2 Å². The summed E-state index contributed by atoms with van der Waals surface area (Å²) in [5.74, 6) is 0.290. The topological polar surface area (TPSA) is 51.7 Å². The predicted molar refractivity (Wildman–Crippen MR) is 117 cm³/mol. The first-order valence-corrected chi connectivity index (χ1v) is 10.4. The van der Waals surface area contributed by atoms with Crippen molar-refractivity contribution in [1.29, 1.82) is 0 Å². The molecule has 4 rings (SSSR count). The third-order valence-electron chi connectivity index (χ3n) is 4.89. The molecule has 0 radical (unpaired) electrons. The van der Waals surface area contributed by atoms with Crippen LogP contribution in [-0.4, -0.2) is 22.5 Å². The van der Waals surface area contributed by atoms with Crippen LogP contribution >= 0.6 is 0 Å². The van der Waals surface area contributed by atoms with Crippen LogP contribution in [0.2, 0.25) is 0 Å². The quantitative estimate of drug-likeness (QED) is 0.502. The molecular weight excluding hydrogens is 395 g/mol. The number of carbonyl (C=O) groups excluding carboxylic acids is 1. The van der Waals surface area contributed by atoms with Crippen molar-refractivity contribution in [1.82, 2.24) is 9.88 Å². The molecule has 31 heavy (non-hydrogen) atoms. The fourth-order valence-electron chi connectivity index (χ4n) is 3.35. The highest BCUT2D eigenvalue weighted by Gasteiger charge is 2.33. The van der Waals surface area contributed by atoms with E-state index in [-0.39, 0.29) is 18.0 Å². The van der Waals surface area contributed by atoms with Gasteiger partial charge < -0.3 is 9.47 Å². The molecule has 1 saturated heterocycles. The smallest absolute Gasteiger partial charge is 0.410 e. The first-order chi connectivity index (χ1) is 15.1. The third kappa shape index (κ3) is 5.81. The number of aromatic nitrogens is 1. The summed E-state index contributed by atoms with van der Waals surface area (Å²) in [5, 5.41) is 0. The zero-order valence-electron chi connectivity index (χ0n) is 18.0. The van der Waals surface area contributed by atoms with Gasteiger partial charge in [0, 0.05) is 18.8 Å². The van der Waals surface area contributed by atoms with Crippen LogP contribution < -0.4 is 4.74 Å². The van der Waals surface area contributed by atoms with Gasteiger partial charge in [0.05, 0.1) is 6.54 Å². The van der Waals surface area contributed by atoms with Gasteiger partial charge in [0.2, 0.25) is 5.88 Å². The van der Waals surface area contributed by atoms with Gasteiger partial charge in [-0.25, -0.2) is 14.2 Å². The Bertz CT molecular complexity index is 993. The Hall–Kier alpha value is -3.41. The van der Waals surface area contributed by atoms with E-state index in [1.165, 1.54) is 12.1 Å². The van der Waals surface area contributed by atoms with Gasteiger partial charge in [0.1, 0.15) is 18.5 Å². The minimum absolute atomic E-state index is 0.292. The molecular formula is C25H27FN2O3. The normalized spacial score (nSPS) is 15.2. The van der Waals surface area contributed by atoms with E-state index in [1.807, 2.05) is 63.2 Å². The Morgan fingerprint density at radius 3 is 2.52 bits per heavy atom. The van der Waals surface area contributed by atoms with Crippen LogP contribution in [0, 0.1) is 12.7 Å². The number of cyclic esters (lactones) is 1. The molecule has 5 nitrogen and oxygen atoms in total. The second kappa shape index (κ2) is 10.6. The average Bonchev–Trinajstić information content (AvgIpc) is 3.15. The van der Waals surface area contributed by atoms with E-state index in [0.717, 1.165) is 22.3 Å². The lowest BCUT2D eigenvalue weighted by Gasteiger charge is -2.14. The van der Waals surface area contributed by atoms with Crippen LogP contribution in [0.5, 0.6) is 5.88 Å². The molecule has 2 aromatic carbocycles. The summed E-state index contributed by atoms with van der Waals surface area (Å²) < 4.78 is 24.5. The van der Waals surface area contributed by atoms with Crippen molar-refractivity contribution >= 4 is 6.09 Å². The summed E-state index contributed by atoms with van der Waals surface area (Å²) in [5.41, 5.74) is 3.63. The number of halogens is 1. The van der Waals surface area contributed by atoms with Crippen molar-refractivity contribution in [3.8, 4) is 5.88 Å². The number of ether oxygens (including phenoxy) is 2. The Balaban J connectivity index is 0.00000132. The van der Waals surface area contributed by atoms with E-state index in [9.17, 15) is 9.18 Å². The van der Waals surface area contributed by atoms with E-state index in [4.69, 9.17) is 9.47 Å². The number of carbonyl (C=O) groups is 1. The SMILES string of the molecule is CC.Cc1cc(F)ccc1C1CN(Cc2ccc(COc3ccccn3)cc2)C(=O)O1. The molecule has 1 atom stereocenters. The number of amides is 1. The summed E-state index contributed by atoms with van der Waals surface area (Å²) in [6.45, 7) is 7.14. The molecule has 162 valence electrons. The van der Waals surface area contributed by atoms with Gasteiger partial charge in [-0.05, 0) is 47.4 Å². The summed E-state index contributed by atoms with van der Waals surface area (Å²) >= 11 is 0. The molecule has 1 aliphatic rings. The van der Waals surface area contributed by atoms with E-state index >= 15 is 0 Å². The molecule has 6 heteroatoms. The molecule has 1 aliphatic heterocycles. The molecule has 1 aromatic heterocycles. The number of hydrogen-bond acceptors (Lipinski definition) is 4. The van der Waals surface area contributed by atoms with Gasteiger partial charge in [0.25, 0.3) is 0 Å². The Morgan fingerprint density at radius 1 is 1.10 bits per heavy atom. The first kappa shape index (κ1) is 22.3. The average molecular weight is 423 g/mol. The van der Waals surface area contributed by atoms with Crippen LogP contribution in [0.15, 0.2) is 66.9 Å². The molecule has 1 fully saturated rings. The van der Waals surface area contributed by atoms with Gasteiger partial charge in [0.15, 0.2) is 0 Å². The summed E-state index contributed by atoms with van der Waals surface area (Å²) in [6, 6.07) is 18.0. The molecule has 2 heterocycles. The molecule has 0 saturated carbocycles. The number of rotatable bonds is 6. The molecule has 0 spiro atoms. The van der Waals surface area contributed by atoms with Crippen LogP contribution in [-0.2, 0) is 17.9 Å². The highest BCUT2D eigenvalue weighted by molar-refractivity contribution is 5.70. The largest absolute Gasteiger partial charge is 0.473 e. The fraction of sp³-hybridized carbons (Fsp3) is 0.280. The Labute approximate surface area is 182 Å². The van der Waals surface area contributed by atoms with E-state index in [0.29, 0.717) is 25.6 Å². The van der Waals surface area contributed by atoms with Crippen molar-refractivity contribution in [2.45, 2.75) is 40.0 Å². The minimum Gasteiger partial charge on any atom is -0.473 e. The number of aryl methyl sites for hydroxylation is 1. The van der Waals surface area contributed by atoms with Gasteiger partial charge in [-0.1, -0.05) is 50.2 Å². The molecule has 3 aromatic rings. The van der Waals surface area contributed by atoms with Crippen molar-refractivity contribution in [2.75, 3.05) is 6.54 Å². The highest BCUT2D eigenvalue weighted by Crippen LogP contribution is 2.29. The lowest BCUT2D eigenvalue weighted by atomic mass is 10.0. The Kier molecular flexibility index (Phi) is 7.60. The van der Waals surface area contributed by atoms with Crippen LogP contribution in [0.4, 0.5) is 9.18 Å². The van der Waals surface area contributed by atoms with Crippen molar-refractivity contribution < 1.29 is 18.7 Å². The molecule has 0 N–H and O–H groups in total. The number of benzene rings is 2. The molecule has 1 unspecified atom stereocenters. The van der Waals surface area contributed by atoms with E-state index < -0.39 is 0 Å². The maximum Gasteiger partial charge on any atom is 0.410 e. The van der Waals surface area contributed by atoms with Crippen LogP contribution in [0.25, 0.3) is 0 Å². The van der Waals surface area contributed by atoms with E-state index in [1.54, 1.807) is 17.2 Å². The highest BCUT2D eigenvalue weighted by atomic mass is 19.1. The maximum atomic E-state index is 13.3. The summed E-state index contributed by atoms with van der Waals surface area (Å²) in [6.07, 6.45) is 0.948. The lowest BCUT2D eigenvalue weighted by molar-refractivity contribution is 0.132. The van der Waals surface area contributed by atoms with Gasteiger partial charge in [-0.3, -0.25) is 4.90 Å². The number of pyridine rings is 1. The van der Waals surface area contributed by atoms with Crippen molar-refractivity contribution in [3.63, 3.8) is 0 Å². The lowest BCUT2D eigenvalue weighted by Crippen LogP contribution is -2.23. The van der Waals surface area contributed by atoms with Gasteiger partial charge in [-0.2, -0.15) is 0 Å². The maximum absolute atomic E-state index is 13.3. The van der Waals surface area contributed by atoms with Crippen LogP contribution in [0.3, 0.4) is 0 Å². The van der Waals surface area contributed by atoms with Gasteiger partial charge >= 0.3 is 6.09 Å². The summed E-state index contributed by atoms with van der Waals surface area (Å²) in [4.78, 5) is 18.1. The zero-order chi connectivity index (χ0) is 22.2. The number of hydrogen-bond donors (Lipinski definition) is 0. The second-order valence-corrected chi connectivity index (χ2v) is 7.03. The van der Waals surface area contributed by atoms with Crippen molar-refractivity contribution in [2.24, 2.45) is 0 Å². The third-order valence-corrected chi connectivity index (χ3v) is 4.89. The summed E-state index contributed by atoms with van der Waals surface area (Å²) in [7, 11) is 0. The first-order valence-electron chi connectivity index (χ1n) is 10.4. The predicted octanol–water partition coefficient (Wildman–Crippen LogP) is 5.83.